The summed E-state index contributed by atoms with van der Waals surface area (Å²) in [6, 6.07) is 6.24. The second-order valence-electron chi connectivity index (χ2n) is 4.92. The Morgan fingerprint density at radius 3 is 2.94 bits per heavy atom. The van der Waals surface area contributed by atoms with Gasteiger partial charge >= 0.3 is 0 Å². The highest BCUT2D eigenvalue weighted by atomic mass is 16.3. The zero-order chi connectivity index (χ0) is 13.1. The van der Waals surface area contributed by atoms with Crippen molar-refractivity contribution in [3.05, 3.63) is 29.8 Å². The number of phenols is 1. The van der Waals surface area contributed by atoms with E-state index in [1.54, 1.807) is 23.1 Å². The van der Waals surface area contributed by atoms with Crippen molar-refractivity contribution in [3.63, 3.8) is 0 Å². The number of hydrogen-bond acceptors (Lipinski definition) is 3. The number of benzene rings is 1. The van der Waals surface area contributed by atoms with E-state index in [1.165, 1.54) is 6.07 Å². The average molecular weight is 249 g/mol. The number of carbonyl (C=O) groups excluding carboxylic acids is 1. The predicted molar refractivity (Wildman–Crippen MR) is 68.4 cm³/mol. The summed E-state index contributed by atoms with van der Waals surface area (Å²) in [5, 5.41) is 18.9. The molecule has 1 aliphatic rings. The number of carbonyl (C=O) groups is 1. The van der Waals surface area contributed by atoms with Crippen molar-refractivity contribution < 1.29 is 15.0 Å². The molecule has 1 fully saturated rings. The second kappa shape index (κ2) is 5.40. The summed E-state index contributed by atoms with van der Waals surface area (Å²) in [4.78, 5) is 14.1. The fourth-order valence-corrected chi connectivity index (χ4v) is 2.58. The van der Waals surface area contributed by atoms with Crippen molar-refractivity contribution in [1.82, 2.24) is 4.90 Å². The molecule has 2 atom stereocenters. The smallest absolute Gasteiger partial charge is 0.254 e. The number of amides is 1. The van der Waals surface area contributed by atoms with Gasteiger partial charge in [-0.15, -0.1) is 0 Å². The third kappa shape index (κ3) is 2.48. The summed E-state index contributed by atoms with van der Waals surface area (Å²) >= 11 is 0. The van der Waals surface area contributed by atoms with Crippen molar-refractivity contribution in [1.29, 1.82) is 0 Å². The minimum atomic E-state index is -0.117. The van der Waals surface area contributed by atoms with Gasteiger partial charge in [0.05, 0.1) is 12.6 Å². The standard InChI is InChI=1S/C14H19NO3/c1-10-4-3-7-15(13(10)9-16)14(18)11-5-2-6-12(17)8-11/h2,5-6,8,10,13,16-17H,3-4,7,9H2,1H3/t10-,13+/m1/s1. The van der Waals surface area contributed by atoms with Gasteiger partial charge in [-0.05, 0) is 37.0 Å². The van der Waals surface area contributed by atoms with Gasteiger partial charge < -0.3 is 15.1 Å². The molecule has 0 spiro atoms. The molecule has 4 nitrogen and oxygen atoms in total. The molecular formula is C14H19NO3. The summed E-state index contributed by atoms with van der Waals surface area (Å²) in [6.45, 7) is 2.72. The van der Waals surface area contributed by atoms with Crippen LogP contribution in [0.5, 0.6) is 5.75 Å². The number of nitrogens with zero attached hydrogens (tertiary/aromatic N) is 1. The van der Waals surface area contributed by atoms with Crippen LogP contribution in [0.1, 0.15) is 30.1 Å². The van der Waals surface area contributed by atoms with Crippen LogP contribution in [-0.2, 0) is 0 Å². The lowest BCUT2D eigenvalue weighted by Crippen LogP contribution is -2.49. The van der Waals surface area contributed by atoms with Crippen molar-refractivity contribution >= 4 is 5.91 Å². The first-order chi connectivity index (χ1) is 8.63. The van der Waals surface area contributed by atoms with Gasteiger partial charge in [0.15, 0.2) is 0 Å². The van der Waals surface area contributed by atoms with Gasteiger partial charge in [-0.3, -0.25) is 4.79 Å². The molecule has 2 rings (SSSR count). The van der Waals surface area contributed by atoms with E-state index >= 15 is 0 Å². The van der Waals surface area contributed by atoms with Crippen molar-refractivity contribution in [2.45, 2.75) is 25.8 Å². The number of likely N-dealkylation sites (tertiary alicyclic amines) is 1. The molecular weight excluding hydrogens is 230 g/mol. The van der Waals surface area contributed by atoms with Gasteiger partial charge in [-0.1, -0.05) is 13.0 Å². The van der Waals surface area contributed by atoms with E-state index < -0.39 is 0 Å². The summed E-state index contributed by atoms with van der Waals surface area (Å²) < 4.78 is 0. The number of aliphatic hydroxyl groups excluding tert-OH is 1. The van der Waals surface area contributed by atoms with Crippen LogP contribution >= 0.6 is 0 Å². The van der Waals surface area contributed by atoms with E-state index in [4.69, 9.17) is 0 Å². The van der Waals surface area contributed by atoms with Gasteiger partial charge in [-0.25, -0.2) is 0 Å². The van der Waals surface area contributed by atoms with Gasteiger partial charge in [-0.2, -0.15) is 0 Å². The topological polar surface area (TPSA) is 60.8 Å². The highest BCUT2D eigenvalue weighted by molar-refractivity contribution is 5.94. The van der Waals surface area contributed by atoms with E-state index in [0.717, 1.165) is 12.8 Å². The largest absolute Gasteiger partial charge is 0.508 e. The molecule has 1 amide bonds. The Kier molecular flexibility index (Phi) is 3.87. The Labute approximate surface area is 107 Å². The molecule has 1 aliphatic heterocycles. The van der Waals surface area contributed by atoms with Crippen LogP contribution < -0.4 is 0 Å². The summed E-state index contributed by atoms with van der Waals surface area (Å²) in [5.74, 6) is 0.285. The van der Waals surface area contributed by atoms with Crippen molar-refractivity contribution in [2.75, 3.05) is 13.2 Å². The fourth-order valence-electron chi connectivity index (χ4n) is 2.58. The number of piperidine rings is 1. The summed E-state index contributed by atoms with van der Waals surface area (Å²) in [7, 11) is 0. The number of phenolic OH excluding ortho intramolecular Hbond substituents is 1. The highest BCUT2D eigenvalue weighted by Gasteiger charge is 2.31. The molecule has 1 heterocycles. The molecule has 0 aromatic heterocycles. The van der Waals surface area contributed by atoms with E-state index in [9.17, 15) is 15.0 Å². The maximum absolute atomic E-state index is 12.4. The quantitative estimate of drug-likeness (QED) is 0.837. The summed E-state index contributed by atoms with van der Waals surface area (Å²) in [6.07, 6.45) is 2.00. The van der Waals surface area contributed by atoms with Crippen LogP contribution in [-0.4, -0.2) is 40.2 Å². The molecule has 4 heteroatoms. The molecule has 0 saturated carbocycles. The first-order valence-corrected chi connectivity index (χ1v) is 6.34. The van der Waals surface area contributed by atoms with E-state index in [0.29, 0.717) is 18.0 Å². The monoisotopic (exact) mass is 249 g/mol. The third-order valence-corrected chi connectivity index (χ3v) is 3.66. The van der Waals surface area contributed by atoms with Crippen LogP contribution in [0.25, 0.3) is 0 Å². The number of aromatic hydroxyl groups is 1. The van der Waals surface area contributed by atoms with Gasteiger partial charge in [0.1, 0.15) is 5.75 Å². The van der Waals surface area contributed by atoms with Gasteiger partial charge in [0.2, 0.25) is 0 Å². The Hall–Kier alpha value is -1.55. The lowest BCUT2D eigenvalue weighted by Gasteiger charge is -2.39. The maximum Gasteiger partial charge on any atom is 0.254 e. The minimum absolute atomic E-state index is 0.00821. The molecule has 0 radical (unpaired) electrons. The van der Waals surface area contributed by atoms with Gasteiger partial charge in [0.25, 0.3) is 5.91 Å². The van der Waals surface area contributed by atoms with Gasteiger partial charge in [0, 0.05) is 12.1 Å². The Balaban J connectivity index is 2.21. The zero-order valence-corrected chi connectivity index (χ0v) is 10.5. The average Bonchev–Trinajstić information content (AvgIpc) is 2.37. The summed E-state index contributed by atoms with van der Waals surface area (Å²) in [5.41, 5.74) is 0.475. The number of rotatable bonds is 2. The molecule has 98 valence electrons. The lowest BCUT2D eigenvalue weighted by atomic mass is 9.90. The first kappa shape index (κ1) is 12.9. The zero-order valence-electron chi connectivity index (χ0n) is 10.5. The van der Waals surface area contributed by atoms with E-state index in [1.807, 2.05) is 0 Å². The Morgan fingerprint density at radius 2 is 2.28 bits per heavy atom. The SMILES string of the molecule is C[C@@H]1CCCN(C(=O)c2cccc(O)c2)[C@H]1CO. The van der Waals surface area contributed by atoms with E-state index in [-0.39, 0.29) is 24.3 Å². The molecule has 18 heavy (non-hydrogen) atoms. The number of hydrogen-bond donors (Lipinski definition) is 2. The maximum atomic E-state index is 12.4. The first-order valence-electron chi connectivity index (χ1n) is 6.34. The van der Waals surface area contributed by atoms with Crippen molar-refractivity contribution in [2.24, 2.45) is 5.92 Å². The second-order valence-corrected chi connectivity index (χ2v) is 4.92. The Bertz CT molecular complexity index is 433. The third-order valence-electron chi connectivity index (χ3n) is 3.66. The highest BCUT2D eigenvalue weighted by Crippen LogP contribution is 2.25. The minimum Gasteiger partial charge on any atom is -0.508 e. The molecule has 1 aromatic rings. The molecule has 1 saturated heterocycles. The molecule has 2 N–H and O–H groups in total. The molecule has 0 bridgehead atoms. The van der Waals surface area contributed by atoms with Crippen LogP contribution in [0.2, 0.25) is 0 Å². The number of aliphatic hydroxyl groups is 1. The lowest BCUT2D eigenvalue weighted by molar-refractivity contribution is 0.0358. The van der Waals surface area contributed by atoms with Crippen molar-refractivity contribution in [3.8, 4) is 5.75 Å². The van der Waals surface area contributed by atoms with Crippen LogP contribution in [0.4, 0.5) is 0 Å². The normalized spacial score (nSPS) is 24.0. The predicted octanol–water partition coefficient (Wildman–Crippen LogP) is 1.63. The fraction of sp³-hybridized carbons (Fsp3) is 0.500. The Morgan fingerprint density at radius 1 is 1.50 bits per heavy atom. The van der Waals surface area contributed by atoms with Crippen LogP contribution in [0.3, 0.4) is 0 Å². The molecule has 0 aliphatic carbocycles. The molecule has 1 aromatic carbocycles. The van der Waals surface area contributed by atoms with Crippen LogP contribution in [0.15, 0.2) is 24.3 Å². The van der Waals surface area contributed by atoms with Crippen LogP contribution in [0, 0.1) is 5.92 Å². The van der Waals surface area contributed by atoms with E-state index in [2.05, 4.69) is 6.92 Å². The molecule has 0 unspecified atom stereocenters.